The Labute approximate surface area is 137 Å². The van der Waals surface area contributed by atoms with Crippen molar-refractivity contribution in [2.24, 2.45) is 5.92 Å². The van der Waals surface area contributed by atoms with E-state index in [1.54, 1.807) is 0 Å². The maximum absolute atomic E-state index is 12.2. The third-order valence-electron chi connectivity index (χ3n) is 4.44. The summed E-state index contributed by atoms with van der Waals surface area (Å²) in [6.07, 6.45) is 1.91. The van der Waals surface area contributed by atoms with Crippen molar-refractivity contribution in [1.82, 2.24) is 9.78 Å². The number of amides is 1. The number of nitrogens with one attached hydrogen (secondary N) is 1. The fourth-order valence-electron chi connectivity index (χ4n) is 3.04. The van der Waals surface area contributed by atoms with E-state index in [1.807, 2.05) is 23.7 Å². The Bertz CT molecular complexity index is 837. The van der Waals surface area contributed by atoms with Gasteiger partial charge in [0.2, 0.25) is 5.91 Å². The Hall–Kier alpha value is -1.95. The lowest BCUT2D eigenvalue weighted by Gasteiger charge is -2.13. The first kappa shape index (κ1) is 14.6. The molecule has 2 aliphatic rings. The van der Waals surface area contributed by atoms with Gasteiger partial charge in [0.05, 0.1) is 22.9 Å². The van der Waals surface area contributed by atoms with E-state index in [-0.39, 0.29) is 11.8 Å². The summed E-state index contributed by atoms with van der Waals surface area (Å²) in [5.74, 6) is 1.83. The van der Waals surface area contributed by atoms with E-state index in [4.69, 9.17) is 0 Å². The van der Waals surface area contributed by atoms with Crippen LogP contribution in [0.3, 0.4) is 0 Å². The van der Waals surface area contributed by atoms with Crippen molar-refractivity contribution in [3.8, 4) is 5.69 Å². The highest BCUT2D eigenvalue weighted by atomic mass is 32.2. The van der Waals surface area contributed by atoms with Crippen molar-refractivity contribution in [3.63, 3.8) is 0 Å². The molecule has 1 saturated carbocycles. The zero-order valence-electron chi connectivity index (χ0n) is 13.3. The number of nitrogens with zero attached hydrogens (tertiary/aromatic N) is 2. The van der Waals surface area contributed by atoms with Crippen LogP contribution in [0.1, 0.15) is 35.2 Å². The Kier molecular flexibility index (Phi) is 3.37. The molecule has 6 heteroatoms. The van der Waals surface area contributed by atoms with Crippen LogP contribution in [-0.2, 0) is 27.1 Å². The predicted octanol–water partition coefficient (Wildman–Crippen LogP) is 2.60. The quantitative estimate of drug-likeness (QED) is 0.941. The van der Waals surface area contributed by atoms with Gasteiger partial charge in [0.15, 0.2) is 0 Å². The van der Waals surface area contributed by atoms with Gasteiger partial charge in [0, 0.05) is 22.3 Å². The van der Waals surface area contributed by atoms with E-state index in [9.17, 15) is 9.00 Å². The maximum Gasteiger partial charge on any atom is 0.228 e. The minimum absolute atomic E-state index is 0.0522. The van der Waals surface area contributed by atoms with Gasteiger partial charge in [-0.25, -0.2) is 4.68 Å². The molecular weight excluding hydrogens is 310 g/mol. The summed E-state index contributed by atoms with van der Waals surface area (Å²) in [5.41, 5.74) is 5.03. The van der Waals surface area contributed by atoms with Gasteiger partial charge < -0.3 is 5.32 Å². The molecule has 1 aromatic heterocycles. The first-order valence-electron chi connectivity index (χ1n) is 7.87. The van der Waals surface area contributed by atoms with E-state index in [1.165, 1.54) is 5.56 Å². The molecule has 1 aliphatic carbocycles. The van der Waals surface area contributed by atoms with Crippen molar-refractivity contribution < 1.29 is 9.00 Å². The molecule has 23 heavy (non-hydrogen) atoms. The predicted molar refractivity (Wildman–Crippen MR) is 89.9 cm³/mol. The van der Waals surface area contributed by atoms with Gasteiger partial charge in [-0.15, -0.1) is 0 Å². The molecule has 1 aliphatic heterocycles. The summed E-state index contributed by atoms with van der Waals surface area (Å²) in [4.78, 5) is 12.2. The second-order valence-electron chi connectivity index (χ2n) is 6.47. The Morgan fingerprint density at radius 1 is 1.30 bits per heavy atom. The molecule has 2 heterocycles. The minimum Gasteiger partial charge on any atom is -0.310 e. The van der Waals surface area contributed by atoms with Crippen LogP contribution >= 0.6 is 0 Å². The van der Waals surface area contributed by atoms with Gasteiger partial charge in [-0.2, -0.15) is 5.10 Å². The molecule has 1 aromatic carbocycles. The number of aryl methyl sites for hydroxylation is 2. The lowest BCUT2D eigenvalue weighted by Crippen LogP contribution is -2.18. The van der Waals surface area contributed by atoms with E-state index in [0.717, 1.165) is 35.3 Å². The van der Waals surface area contributed by atoms with Gasteiger partial charge in [-0.3, -0.25) is 9.00 Å². The summed E-state index contributed by atoms with van der Waals surface area (Å²) in [5, 5.41) is 7.68. The number of anilines is 1. The van der Waals surface area contributed by atoms with Crippen LogP contribution in [0.2, 0.25) is 0 Å². The highest BCUT2D eigenvalue weighted by Gasteiger charge is 2.33. The number of benzene rings is 1. The summed E-state index contributed by atoms with van der Waals surface area (Å²) in [6, 6.07) is 6.17. The van der Waals surface area contributed by atoms with Crippen LogP contribution in [0.15, 0.2) is 18.2 Å². The number of fused-ring (bicyclic) bond motifs is 1. The molecule has 0 spiro atoms. The van der Waals surface area contributed by atoms with Crippen molar-refractivity contribution >= 4 is 22.5 Å². The minimum atomic E-state index is -0.909. The lowest BCUT2D eigenvalue weighted by molar-refractivity contribution is -0.117. The van der Waals surface area contributed by atoms with E-state index >= 15 is 0 Å². The number of rotatable bonds is 3. The standard InChI is InChI=1S/C17H19N3O2S/c1-10-3-6-15(11(2)7-10)20-16(18-17(21)12-4-5-12)13-8-23(22)9-14(13)19-20/h3,6-7,12H,4-5,8-9H2,1-2H3,(H,18,21)/t23-/m0/s1. The maximum atomic E-state index is 12.2. The largest absolute Gasteiger partial charge is 0.310 e. The second-order valence-corrected chi connectivity index (χ2v) is 7.92. The smallest absolute Gasteiger partial charge is 0.228 e. The zero-order chi connectivity index (χ0) is 16.1. The van der Waals surface area contributed by atoms with Gasteiger partial charge >= 0.3 is 0 Å². The first-order valence-corrected chi connectivity index (χ1v) is 9.36. The van der Waals surface area contributed by atoms with Crippen LogP contribution < -0.4 is 5.32 Å². The summed E-state index contributed by atoms with van der Waals surface area (Å²) >= 11 is 0. The van der Waals surface area contributed by atoms with Gasteiger partial charge in [-0.05, 0) is 38.3 Å². The van der Waals surface area contributed by atoms with Crippen molar-refractivity contribution in [3.05, 3.63) is 40.6 Å². The van der Waals surface area contributed by atoms with E-state index in [2.05, 4.69) is 23.4 Å². The molecule has 0 radical (unpaired) electrons. The van der Waals surface area contributed by atoms with Crippen molar-refractivity contribution in [2.45, 2.75) is 38.2 Å². The second kappa shape index (κ2) is 5.30. The molecule has 0 unspecified atom stereocenters. The molecule has 2 aromatic rings. The monoisotopic (exact) mass is 329 g/mol. The van der Waals surface area contributed by atoms with Crippen LogP contribution in [0.4, 0.5) is 5.82 Å². The first-order chi connectivity index (χ1) is 11.0. The highest BCUT2D eigenvalue weighted by molar-refractivity contribution is 7.83. The molecule has 5 nitrogen and oxygen atoms in total. The molecule has 4 rings (SSSR count). The third-order valence-corrected chi connectivity index (χ3v) is 5.65. The van der Waals surface area contributed by atoms with E-state index < -0.39 is 10.8 Å². The van der Waals surface area contributed by atoms with Crippen molar-refractivity contribution in [2.75, 3.05) is 5.32 Å². The summed E-state index contributed by atoms with van der Waals surface area (Å²) in [7, 11) is -0.909. The molecule has 0 saturated heterocycles. The van der Waals surface area contributed by atoms with Crippen LogP contribution in [0.5, 0.6) is 0 Å². The molecule has 120 valence electrons. The molecule has 0 bridgehead atoms. The Morgan fingerprint density at radius 3 is 2.78 bits per heavy atom. The van der Waals surface area contributed by atoms with Gasteiger partial charge in [0.1, 0.15) is 5.82 Å². The normalized spacial score (nSPS) is 19.7. The number of hydrogen-bond acceptors (Lipinski definition) is 3. The highest BCUT2D eigenvalue weighted by Crippen LogP contribution is 2.35. The Balaban J connectivity index is 1.81. The average Bonchev–Trinajstić information content (AvgIpc) is 3.21. The summed E-state index contributed by atoms with van der Waals surface area (Å²) < 4.78 is 13.7. The molecular formula is C17H19N3O2S. The number of carbonyl (C=O) groups is 1. The Morgan fingerprint density at radius 2 is 2.09 bits per heavy atom. The molecule has 1 amide bonds. The zero-order valence-corrected chi connectivity index (χ0v) is 14.1. The van der Waals surface area contributed by atoms with Gasteiger partial charge in [-0.1, -0.05) is 17.7 Å². The molecule has 1 atom stereocenters. The molecule has 1 fully saturated rings. The van der Waals surface area contributed by atoms with Crippen molar-refractivity contribution in [1.29, 1.82) is 0 Å². The van der Waals surface area contributed by atoms with Gasteiger partial charge in [0.25, 0.3) is 0 Å². The summed E-state index contributed by atoms with van der Waals surface area (Å²) in [6.45, 7) is 4.10. The lowest BCUT2D eigenvalue weighted by atomic mass is 10.1. The third kappa shape index (κ3) is 2.61. The fraction of sp³-hybridized carbons (Fsp3) is 0.412. The molecule has 1 N–H and O–H groups in total. The van der Waals surface area contributed by atoms with Crippen LogP contribution in [0, 0.1) is 19.8 Å². The number of carbonyl (C=O) groups excluding carboxylic acids is 1. The SMILES string of the molecule is Cc1ccc(-n2nc3c(c2NC(=O)C2CC2)C[S@](=O)C3)c(C)c1. The number of hydrogen-bond donors (Lipinski definition) is 1. The van der Waals surface area contributed by atoms with Crippen LogP contribution in [-0.4, -0.2) is 19.9 Å². The fourth-order valence-corrected chi connectivity index (χ4v) is 4.30. The van der Waals surface area contributed by atoms with Crippen LogP contribution in [0.25, 0.3) is 5.69 Å². The number of aromatic nitrogens is 2. The topological polar surface area (TPSA) is 64.0 Å². The van der Waals surface area contributed by atoms with E-state index in [0.29, 0.717) is 17.3 Å². The average molecular weight is 329 g/mol.